The Hall–Kier alpha value is -0.300. The Morgan fingerprint density at radius 1 is 1.33 bits per heavy atom. The van der Waals surface area contributed by atoms with Crippen LogP contribution in [0.2, 0.25) is 0 Å². The van der Waals surface area contributed by atoms with Crippen molar-refractivity contribution in [3.63, 3.8) is 0 Å². The van der Waals surface area contributed by atoms with Gasteiger partial charge in [-0.2, -0.15) is 0 Å². The number of hydrogen-bond donors (Lipinski definition) is 0. The predicted molar refractivity (Wildman–Crippen MR) is 70.4 cm³/mol. The molecule has 0 N–H and O–H groups in total. The molecular weight excluding hydrogens is 375 g/mol. The normalized spacial score (nSPS) is 9.87. The van der Waals surface area contributed by atoms with E-state index < -0.39 is 0 Å². The predicted octanol–water partition coefficient (Wildman–Crippen LogP) is 2.89. The highest BCUT2D eigenvalue weighted by Gasteiger charge is 2.14. The van der Waals surface area contributed by atoms with Crippen LogP contribution in [-0.2, 0) is 0 Å². The van der Waals surface area contributed by atoms with Crippen LogP contribution < -0.4 is 9.47 Å². The fourth-order valence-corrected chi connectivity index (χ4v) is 2.18. The standard InChI is InChI=1S/C10H10BrIO3/c1-14-9-3-6(8(13)5-11)7(12)4-10(9)15-2/h3-4H,5H2,1-2H3. The molecule has 1 aromatic carbocycles. The molecule has 0 aliphatic carbocycles. The van der Waals surface area contributed by atoms with Gasteiger partial charge in [0, 0.05) is 9.13 Å². The summed E-state index contributed by atoms with van der Waals surface area (Å²) in [6.45, 7) is 0. The number of carbonyl (C=O) groups is 1. The number of methoxy groups -OCH3 is 2. The molecule has 1 rings (SSSR count). The molecule has 5 heteroatoms. The number of hydrogen-bond acceptors (Lipinski definition) is 3. The van der Waals surface area contributed by atoms with Crippen molar-refractivity contribution < 1.29 is 14.3 Å². The monoisotopic (exact) mass is 384 g/mol. The van der Waals surface area contributed by atoms with Gasteiger partial charge in [0.25, 0.3) is 0 Å². The Morgan fingerprint density at radius 3 is 2.33 bits per heavy atom. The van der Waals surface area contributed by atoms with Gasteiger partial charge >= 0.3 is 0 Å². The summed E-state index contributed by atoms with van der Waals surface area (Å²) in [5.41, 5.74) is 0.644. The molecule has 0 fully saturated rings. The molecule has 82 valence electrons. The highest BCUT2D eigenvalue weighted by molar-refractivity contribution is 14.1. The van der Waals surface area contributed by atoms with Gasteiger partial charge in [0.1, 0.15) is 0 Å². The summed E-state index contributed by atoms with van der Waals surface area (Å²) >= 11 is 5.25. The highest BCUT2D eigenvalue weighted by atomic mass is 127. The van der Waals surface area contributed by atoms with E-state index in [-0.39, 0.29) is 5.78 Å². The van der Waals surface area contributed by atoms with Crippen molar-refractivity contribution in [3.8, 4) is 11.5 Å². The molecule has 0 spiro atoms. The van der Waals surface area contributed by atoms with Crippen molar-refractivity contribution in [3.05, 3.63) is 21.3 Å². The molecule has 3 nitrogen and oxygen atoms in total. The van der Waals surface area contributed by atoms with Crippen LogP contribution in [0.5, 0.6) is 11.5 Å². The van der Waals surface area contributed by atoms with Crippen molar-refractivity contribution in [2.24, 2.45) is 0 Å². The zero-order chi connectivity index (χ0) is 11.4. The van der Waals surface area contributed by atoms with Gasteiger partial charge in [0.2, 0.25) is 0 Å². The number of ketones is 1. The molecule has 0 amide bonds. The largest absolute Gasteiger partial charge is 0.493 e. The number of ether oxygens (including phenoxy) is 2. The summed E-state index contributed by atoms with van der Waals surface area (Å²) in [6.07, 6.45) is 0. The van der Waals surface area contributed by atoms with Gasteiger partial charge in [-0.15, -0.1) is 0 Å². The third kappa shape index (κ3) is 2.84. The minimum atomic E-state index is 0.0281. The van der Waals surface area contributed by atoms with Gasteiger partial charge in [0.15, 0.2) is 17.3 Å². The van der Waals surface area contributed by atoms with E-state index in [1.807, 2.05) is 0 Å². The van der Waals surface area contributed by atoms with Crippen LogP contribution in [0.15, 0.2) is 12.1 Å². The maximum Gasteiger partial charge on any atom is 0.174 e. The average Bonchev–Trinajstić information content (AvgIpc) is 2.27. The Morgan fingerprint density at radius 2 is 1.87 bits per heavy atom. The first-order valence-electron chi connectivity index (χ1n) is 4.14. The lowest BCUT2D eigenvalue weighted by atomic mass is 10.1. The van der Waals surface area contributed by atoms with Gasteiger partial charge in [-0.3, -0.25) is 4.79 Å². The molecule has 0 atom stereocenters. The summed E-state index contributed by atoms with van der Waals surface area (Å²) in [6, 6.07) is 3.49. The summed E-state index contributed by atoms with van der Waals surface area (Å²) in [4.78, 5) is 11.6. The lowest BCUT2D eigenvalue weighted by molar-refractivity contribution is 0.102. The first-order valence-corrected chi connectivity index (χ1v) is 6.34. The zero-order valence-electron chi connectivity index (χ0n) is 8.34. The molecule has 0 aliphatic rings. The summed E-state index contributed by atoms with van der Waals surface area (Å²) in [7, 11) is 3.12. The zero-order valence-corrected chi connectivity index (χ0v) is 12.1. The molecule has 0 bridgehead atoms. The first-order chi connectivity index (χ1) is 7.13. The second-order valence-corrected chi connectivity index (χ2v) is 4.47. The van der Waals surface area contributed by atoms with E-state index in [9.17, 15) is 4.79 Å². The third-order valence-electron chi connectivity index (χ3n) is 1.90. The molecule has 0 aromatic heterocycles. The number of halogens is 2. The topological polar surface area (TPSA) is 35.5 Å². The lowest BCUT2D eigenvalue weighted by Gasteiger charge is -2.10. The number of rotatable bonds is 4. The Kier molecular flexibility index (Phi) is 4.85. The van der Waals surface area contributed by atoms with Crippen LogP contribution in [-0.4, -0.2) is 25.3 Å². The summed E-state index contributed by atoms with van der Waals surface area (Å²) < 4.78 is 11.1. The second-order valence-electron chi connectivity index (χ2n) is 2.74. The highest BCUT2D eigenvalue weighted by Crippen LogP contribution is 2.31. The van der Waals surface area contributed by atoms with E-state index in [1.54, 1.807) is 26.4 Å². The van der Waals surface area contributed by atoms with E-state index in [2.05, 4.69) is 38.5 Å². The smallest absolute Gasteiger partial charge is 0.174 e. The van der Waals surface area contributed by atoms with Crippen LogP contribution in [0, 0.1) is 3.57 Å². The van der Waals surface area contributed by atoms with E-state index in [0.717, 1.165) is 3.57 Å². The fraction of sp³-hybridized carbons (Fsp3) is 0.300. The molecule has 0 saturated carbocycles. The van der Waals surface area contributed by atoms with Crippen molar-refractivity contribution >= 4 is 44.3 Å². The molecule has 0 radical (unpaired) electrons. The molecule has 15 heavy (non-hydrogen) atoms. The Labute approximate surface area is 110 Å². The van der Waals surface area contributed by atoms with E-state index in [4.69, 9.17) is 9.47 Å². The van der Waals surface area contributed by atoms with E-state index in [0.29, 0.717) is 22.4 Å². The van der Waals surface area contributed by atoms with Crippen molar-refractivity contribution in [1.82, 2.24) is 0 Å². The van der Waals surface area contributed by atoms with Crippen molar-refractivity contribution in [2.45, 2.75) is 0 Å². The Balaban J connectivity index is 3.25. The molecule has 0 saturated heterocycles. The van der Waals surface area contributed by atoms with Gasteiger partial charge in [-0.05, 0) is 34.7 Å². The minimum Gasteiger partial charge on any atom is -0.493 e. The van der Waals surface area contributed by atoms with Gasteiger partial charge in [0.05, 0.1) is 19.5 Å². The molecule has 1 aromatic rings. The van der Waals surface area contributed by atoms with Gasteiger partial charge in [-0.1, -0.05) is 15.9 Å². The molecule has 0 heterocycles. The van der Waals surface area contributed by atoms with E-state index >= 15 is 0 Å². The maximum absolute atomic E-state index is 11.6. The molecule has 0 aliphatic heterocycles. The molecular formula is C10H10BrIO3. The van der Waals surface area contributed by atoms with E-state index in [1.165, 1.54) is 0 Å². The number of Topliss-reactive ketones (excluding diaryl/α,β-unsaturated/α-hetero) is 1. The minimum absolute atomic E-state index is 0.0281. The summed E-state index contributed by atoms with van der Waals surface area (Å²) in [5, 5.41) is 0.304. The lowest BCUT2D eigenvalue weighted by Crippen LogP contribution is -2.04. The first kappa shape index (κ1) is 12.8. The van der Waals surface area contributed by atoms with Crippen LogP contribution in [0.25, 0.3) is 0 Å². The molecule has 0 unspecified atom stereocenters. The SMILES string of the molecule is COc1cc(I)c(C(=O)CBr)cc1OC. The quantitative estimate of drug-likeness (QED) is 0.455. The van der Waals surface area contributed by atoms with Gasteiger partial charge < -0.3 is 9.47 Å². The second kappa shape index (κ2) is 5.69. The van der Waals surface area contributed by atoms with Crippen molar-refractivity contribution in [1.29, 1.82) is 0 Å². The number of carbonyl (C=O) groups excluding carboxylic acids is 1. The number of alkyl halides is 1. The van der Waals surface area contributed by atoms with Crippen LogP contribution in [0.1, 0.15) is 10.4 Å². The average molecular weight is 385 g/mol. The Bertz CT molecular complexity index is 379. The third-order valence-corrected chi connectivity index (χ3v) is 3.30. The van der Waals surface area contributed by atoms with Crippen LogP contribution in [0.4, 0.5) is 0 Å². The van der Waals surface area contributed by atoms with Crippen LogP contribution in [0.3, 0.4) is 0 Å². The number of benzene rings is 1. The summed E-state index contributed by atoms with van der Waals surface area (Å²) in [5.74, 6) is 1.23. The fourth-order valence-electron chi connectivity index (χ4n) is 1.14. The van der Waals surface area contributed by atoms with Crippen LogP contribution >= 0.6 is 38.5 Å². The van der Waals surface area contributed by atoms with Gasteiger partial charge in [-0.25, -0.2) is 0 Å². The maximum atomic E-state index is 11.6. The van der Waals surface area contributed by atoms with Crippen molar-refractivity contribution in [2.75, 3.05) is 19.5 Å².